The molecule has 1 aliphatic heterocycles. The predicted octanol–water partition coefficient (Wildman–Crippen LogP) is 6.87. The molecule has 1 N–H and O–H groups in total. The molecule has 42 heavy (non-hydrogen) atoms. The fourth-order valence-electron chi connectivity index (χ4n) is 5.31. The first-order valence-electron chi connectivity index (χ1n) is 14.3. The van der Waals surface area contributed by atoms with Gasteiger partial charge in [-0.2, -0.15) is 0 Å². The fraction of sp³-hybridized carbons (Fsp3) is 0.200. The molecule has 7 heteroatoms. The zero-order chi connectivity index (χ0) is 28.9. The van der Waals surface area contributed by atoms with E-state index in [1.54, 1.807) is 12.4 Å². The summed E-state index contributed by atoms with van der Waals surface area (Å²) in [4.78, 5) is 29.7. The second kappa shape index (κ2) is 12.3. The van der Waals surface area contributed by atoms with E-state index in [2.05, 4.69) is 41.2 Å². The highest BCUT2D eigenvalue weighted by atomic mass is 16.5. The summed E-state index contributed by atoms with van der Waals surface area (Å²) < 4.78 is 6.06. The van der Waals surface area contributed by atoms with Crippen molar-refractivity contribution in [3.8, 4) is 34.1 Å². The molecule has 3 aromatic carbocycles. The molecule has 0 saturated heterocycles. The quantitative estimate of drug-likeness (QED) is 0.225. The number of fused-ring (bicyclic) bond motifs is 1. The summed E-state index contributed by atoms with van der Waals surface area (Å²) in [6.45, 7) is 5.78. The molecule has 6 rings (SSSR count). The number of nitrogens with one attached hydrogen (secondary N) is 1. The smallest absolute Gasteiger partial charge is 0.238 e. The Morgan fingerprint density at radius 2 is 1.79 bits per heavy atom. The fourth-order valence-corrected chi connectivity index (χ4v) is 5.31. The van der Waals surface area contributed by atoms with E-state index in [9.17, 15) is 4.79 Å². The Kier molecular flexibility index (Phi) is 8.01. The molecule has 1 amide bonds. The first kappa shape index (κ1) is 27.3. The Labute approximate surface area is 246 Å². The third-order valence-electron chi connectivity index (χ3n) is 7.46. The highest BCUT2D eigenvalue weighted by Gasteiger charge is 2.25. The molecule has 0 radical (unpaired) electrons. The van der Waals surface area contributed by atoms with Gasteiger partial charge in [0, 0.05) is 60.3 Å². The number of amides is 1. The number of hydrogen-bond donors (Lipinski definition) is 1. The van der Waals surface area contributed by atoms with E-state index >= 15 is 0 Å². The number of aryl methyl sites for hydroxylation is 2. The van der Waals surface area contributed by atoms with E-state index in [1.807, 2.05) is 72.8 Å². The summed E-state index contributed by atoms with van der Waals surface area (Å²) in [5, 5.41) is 3.10. The number of carbonyl (C=O) groups excluding carboxylic acids is 1. The number of pyridine rings is 1. The maximum absolute atomic E-state index is 13.3. The predicted molar refractivity (Wildman–Crippen MR) is 165 cm³/mol. The summed E-state index contributed by atoms with van der Waals surface area (Å²) in [5.74, 6) is 2.07. The van der Waals surface area contributed by atoms with Crippen LogP contribution in [0.15, 0.2) is 97.3 Å². The maximum atomic E-state index is 13.3. The second-order valence-electron chi connectivity index (χ2n) is 10.5. The molecule has 2 aromatic heterocycles. The van der Waals surface area contributed by atoms with Crippen molar-refractivity contribution in [2.45, 2.75) is 33.2 Å². The highest BCUT2D eigenvalue weighted by Crippen LogP contribution is 2.32. The minimum Gasteiger partial charge on any atom is -0.457 e. The van der Waals surface area contributed by atoms with Crippen LogP contribution in [0.2, 0.25) is 0 Å². The van der Waals surface area contributed by atoms with Crippen LogP contribution in [0.5, 0.6) is 11.5 Å². The lowest BCUT2D eigenvalue weighted by molar-refractivity contribution is -0.117. The van der Waals surface area contributed by atoms with Crippen molar-refractivity contribution in [2.24, 2.45) is 0 Å². The molecule has 0 unspecified atom stereocenters. The van der Waals surface area contributed by atoms with Crippen LogP contribution >= 0.6 is 0 Å². The molecule has 0 saturated carbocycles. The summed E-state index contributed by atoms with van der Waals surface area (Å²) in [6.07, 6.45) is 5.12. The summed E-state index contributed by atoms with van der Waals surface area (Å²) in [5.41, 5.74) is 7.95. The van der Waals surface area contributed by atoms with Gasteiger partial charge in [0.25, 0.3) is 0 Å². The average Bonchev–Trinajstić information content (AvgIpc) is 3.01. The molecule has 7 nitrogen and oxygen atoms in total. The number of aromatic nitrogens is 3. The van der Waals surface area contributed by atoms with E-state index < -0.39 is 0 Å². The lowest BCUT2D eigenvalue weighted by atomic mass is 9.96. The van der Waals surface area contributed by atoms with Crippen LogP contribution < -0.4 is 10.1 Å². The third-order valence-corrected chi connectivity index (χ3v) is 7.46. The molecule has 210 valence electrons. The molecule has 1 aliphatic rings. The Balaban J connectivity index is 1.23. The molecule has 0 aliphatic carbocycles. The average molecular weight is 556 g/mol. The molecule has 0 bridgehead atoms. The Bertz CT molecular complexity index is 1710. The van der Waals surface area contributed by atoms with E-state index in [0.717, 1.165) is 70.0 Å². The molecule has 3 heterocycles. The minimum atomic E-state index is -0.0669. The Morgan fingerprint density at radius 3 is 2.57 bits per heavy atom. The van der Waals surface area contributed by atoms with Crippen molar-refractivity contribution in [1.29, 1.82) is 0 Å². The van der Waals surface area contributed by atoms with Crippen molar-refractivity contribution >= 4 is 11.6 Å². The van der Waals surface area contributed by atoms with Gasteiger partial charge in [-0.15, -0.1) is 0 Å². The lowest BCUT2D eigenvalue weighted by Gasteiger charge is -2.29. The van der Waals surface area contributed by atoms with Crippen molar-refractivity contribution in [3.63, 3.8) is 0 Å². The van der Waals surface area contributed by atoms with E-state index in [1.165, 1.54) is 0 Å². The summed E-state index contributed by atoms with van der Waals surface area (Å²) in [7, 11) is 0. The number of ether oxygens (including phenoxy) is 1. The molecule has 0 atom stereocenters. The topological polar surface area (TPSA) is 80.2 Å². The normalized spacial score (nSPS) is 12.9. The molecular weight excluding hydrogens is 522 g/mol. The van der Waals surface area contributed by atoms with E-state index in [4.69, 9.17) is 14.7 Å². The Morgan fingerprint density at radius 1 is 0.952 bits per heavy atom. The van der Waals surface area contributed by atoms with Gasteiger partial charge in [-0.05, 0) is 60.9 Å². The van der Waals surface area contributed by atoms with Crippen LogP contribution in [0.4, 0.5) is 5.69 Å². The number of para-hydroxylation sites is 1. The van der Waals surface area contributed by atoms with Gasteiger partial charge in [-0.25, -0.2) is 9.97 Å². The van der Waals surface area contributed by atoms with Gasteiger partial charge >= 0.3 is 0 Å². The molecule has 0 fully saturated rings. The van der Waals surface area contributed by atoms with Crippen molar-refractivity contribution in [2.75, 3.05) is 18.4 Å². The van der Waals surface area contributed by atoms with Gasteiger partial charge in [-0.1, -0.05) is 49.4 Å². The van der Waals surface area contributed by atoms with Crippen LogP contribution in [0.1, 0.15) is 29.3 Å². The number of nitrogens with zero attached hydrogens (tertiary/aromatic N) is 4. The van der Waals surface area contributed by atoms with Crippen LogP contribution in [0.3, 0.4) is 0 Å². The Hall–Kier alpha value is -4.88. The first-order valence-corrected chi connectivity index (χ1v) is 14.3. The number of anilines is 1. The molecular formula is C35H33N5O2. The monoisotopic (exact) mass is 555 g/mol. The van der Waals surface area contributed by atoms with Gasteiger partial charge in [0.05, 0.1) is 17.9 Å². The number of benzene rings is 3. The second-order valence-corrected chi connectivity index (χ2v) is 10.5. The third kappa shape index (κ3) is 6.21. The van der Waals surface area contributed by atoms with Gasteiger partial charge in [-0.3, -0.25) is 14.7 Å². The largest absolute Gasteiger partial charge is 0.457 e. The molecule has 0 spiro atoms. The van der Waals surface area contributed by atoms with Gasteiger partial charge in [0.2, 0.25) is 5.91 Å². The first-order chi connectivity index (χ1) is 20.6. The summed E-state index contributed by atoms with van der Waals surface area (Å²) >= 11 is 0. The summed E-state index contributed by atoms with van der Waals surface area (Å²) in [6, 6.07) is 27.7. The maximum Gasteiger partial charge on any atom is 0.238 e. The van der Waals surface area contributed by atoms with Crippen LogP contribution in [-0.4, -0.2) is 38.8 Å². The van der Waals surface area contributed by atoms with Crippen LogP contribution in [0.25, 0.3) is 22.6 Å². The number of carbonyl (C=O) groups is 1. The SMILES string of the molecule is CCc1cc(NC(=O)CN2CCc3nc(-c4cccnc4)nc(-c4ccccc4C)c3C2)cc(Oc2ccccc2)c1. The number of rotatable bonds is 8. The van der Waals surface area contributed by atoms with E-state index in [0.29, 0.717) is 18.1 Å². The van der Waals surface area contributed by atoms with Gasteiger partial charge < -0.3 is 10.1 Å². The highest BCUT2D eigenvalue weighted by molar-refractivity contribution is 5.92. The lowest BCUT2D eigenvalue weighted by Crippen LogP contribution is -2.38. The van der Waals surface area contributed by atoms with Gasteiger partial charge in [0.1, 0.15) is 11.5 Å². The van der Waals surface area contributed by atoms with Gasteiger partial charge in [0.15, 0.2) is 5.82 Å². The zero-order valence-corrected chi connectivity index (χ0v) is 23.9. The standard InChI is InChI=1S/C35H33N5O2/c1-3-25-18-27(20-29(19-25)42-28-12-5-4-6-13-28)37-33(41)23-40-17-15-32-31(22-40)34(30-14-8-7-10-24(30)2)39-35(38-32)26-11-9-16-36-21-26/h4-14,16,18-21H,3,15,17,22-23H2,1-2H3,(H,37,41). The minimum absolute atomic E-state index is 0.0669. The van der Waals surface area contributed by atoms with Crippen molar-refractivity contribution in [1.82, 2.24) is 19.9 Å². The van der Waals surface area contributed by atoms with E-state index in [-0.39, 0.29) is 12.5 Å². The molecule has 5 aromatic rings. The number of hydrogen-bond acceptors (Lipinski definition) is 6. The zero-order valence-electron chi connectivity index (χ0n) is 23.9. The van der Waals surface area contributed by atoms with Crippen LogP contribution in [0, 0.1) is 6.92 Å². The van der Waals surface area contributed by atoms with Crippen LogP contribution in [-0.2, 0) is 24.2 Å². The van der Waals surface area contributed by atoms with Crippen molar-refractivity contribution < 1.29 is 9.53 Å². The van der Waals surface area contributed by atoms with Crippen molar-refractivity contribution in [3.05, 3.63) is 120 Å².